The van der Waals surface area contributed by atoms with Gasteiger partial charge in [-0.1, -0.05) is 13.3 Å². The minimum atomic E-state index is 0.803. The van der Waals surface area contributed by atoms with Gasteiger partial charge in [0.25, 0.3) is 0 Å². The van der Waals surface area contributed by atoms with Gasteiger partial charge in [-0.25, -0.2) is 4.98 Å². The molecule has 0 spiro atoms. The highest BCUT2D eigenvalue weighted by Gasteiger charge is 2.28. The third-order valence-electron chi connectivity index (χ3n) is 4.43. The third kappa shape index (κ3) is 3.58. The molecule has 0 bridgehead atoms. The normalized spacial score (nSPS) is 24.8. The van der Waals surface area contributed by atoms with Crippen molar-refractivity contribution in [2.45, 2.75) is 45.3 Å². The van der Waals surface area contributed by atoms with E-state index in [1.807, 2.05) is 0 Å². The van der Waals surface area contributed by atoms with Crippen LogP contribution in [0.5, 0.6) is 0 Å². The number of nitrogens with zero attached hydrogens (tertiary/aromatic N) is 3. The molecule has 2 aliphatic heterocycles. The molecule has 112 valence electrons. The second-order valence-corrected chi connectivity index (χ2v) is 6.88. The number of hydrogen-bond donors (Lipinski definition) is 1. The molecule has 1 atom stereocenters. The number of rotatable bonds is 5. The van der Waals surface area contributed by atoms with Crippen molar-refractivity contribution in [3.63, 3.8) is 0 Å². The summed E-state index contributed by atoms with van der Waals surface area (Å²) in [7, 11) is 0. The van der Waals surface area contributed by atoms with E-state index in [0.717, 1.165) is 25.7 Å². The summed E-state index contributed by atoms with van der Waals surface area (Å²) >= 11 is 1.79. The quantitative estimate of drug-likeness (QED) is 0.899. The van der Waals surface area contributed by atoms with Crippen molar-refractivity contribution < 1.29 is 0 Å². The van der Waals surface area contributed by atoms with Gasteiger partial charge in [-0.05, 0) is 25.9 Å². The summed E-state index contributed by atoms with van der Waals surface area (Å²) in [4.78, 5) is 10.0. The molecule has 0 saturated carbocycles. The molecule has 1 aromatic rings. The molecule has 20 heavy (non-hydrogen) atoms. The van der Waals surface area contributed by atoms with E-state index in [9.17, 15) is 0 Å². The summed E-state index contributed by atoms with van der Waals surface area (Å²) in [6, 6.07) is 0.803. The van der Waals surface area contributed by atoms with Gasteiger partial charge in [0, 0.05) is 44.1 Å². The first-order valence-electron chi connectivity index (χ1n) is 7.95. The van der Waals surface area contributed by atoms with E-state index < -0.39 is 0 Å². The summed E-state index contributed by atoms with van der Waals surface area (Å²) in [6.07, 6.45) is 4.20. The van der Waals surface area contributed by atoms with E-state index in [2.05, 4.69) is 27.4 Å². The number of thiazole rings is 1. The summed E-state index contributed by atoms with van der Waals surface area (Å²) in [5.41, 5.74) is 1.26. The SMILES string of the molecule is CCNCc1nc(CN2CCN3CCCCC3C2)cs1. The standard InChI is InChI=1S/C15H26N4S/c1-2-16-9-15-17-13(12-20-15)10-18-7-8-19-6-4-3-5-14(19)11-18/h12,14,16H,2-11H2,1H3. The molecule has 4 nitrogen and oxygen atoms in total. The molecule has 2 saturated heterocycles. The number of aromatic nitrogens is 1. The van der Waals surface area contributed by atoms with Crippen LogP contribution in [0.15, 0.2) is 5.38 Å². The Morgan fingerprint density at radius 2 is 2.30 bits per heavy atom. The van der Waals surface area contributed by atoms with Gasteiger partial charge >= 0.3 is 0 Å². The van der Waals surface area contributed by atoms with Gasteiger partial charge in [0.05, 0.1) is 5.69 Å². The molecule has 2 fully saturated rings. The minimum Gasteiger partial charge on any atom is -0.311 e. The maximum atomic E-state index is 4.75. The first kappa shape index (κ1) is 14.4. The van der Waals surface area contributed by atoms with Crippen molar-refractivity contribution in [3.05, 3.63) is 16.1 Å². The Labute approximate surface area is 126 Å². The van der Waals surface area contributed by atoms with Crippen molar-refractivity contribution in [3.8, 4) is 0 Å². The molecule has 5 heteroatoms. The second kappa shape index (κ2) is 6.98. The summed E-state index contributed by atoms with van der Waals surface area (Å²) in [6.45, 7) is 10.1. The molecule has 0 radical (unpaired) electrons. The Morgan fingerprint density at radius 3 is 3.20 bits per heavy atom. The molecule has 1 aromatic heterocycles. The lowest BCUT2D eigenvalue weighted by Gasteiger charge is -2.43. The van der Waals surface area contributed by atoms with Gasteiger partial charge in [0.2, 0.25) is 0 Å². The van der Waals surface area contributed by atoms with Crippen molar-refractivity contribution >= 4 is 11.3 Å². The van der Waals surface area contributed by atoms with E-state index in [1.165, 1.54) is 56.1 Å². The largest absolute Gasteiger partial charge is 0.311 e. The predicted molar refractivity (Wildman–Crippen MR) is 84.0 cm³/mol. The highest BCUT2D eigenvalue weighted by Crippen LogP contribution is 2.22. The lowest BCUT2D eigenvalue weighted by molar-refractivity contribution is 0.0452. The molecular weight excluding hydrogens is 268 g/mol. The number of piperazine rings is 1. The summed E-state index contributed by atoms with van der Waals surface area (Å²) < 4.78 is 0. The monoisotopic (exact) mass is 294 g/mol. The van der Waals surface area contributed by atoms with Crippen LogP contribution in [0, 0.1) is 0 Å². The maximum Gasteiger partial charge on any atom is 0.107 e. The van der Waals surface area contributed by atoms with Crippen molar-refractivity contribution in [1.29, 1.82) is 0 Å². The molecule has 3 heterocycles. The van der Waals surface area contributed by atoms with E-state index in [1.54, 1.807) is 11.3 Å². The van der Waals surface area contributed by atoms with Crippen molar-refractivity contribution in [1.82, 2.24) is 20.1 Å². The number of fused-ring (bicyclic) bond motifs is 1. The van der Waals surface area contributed by atoms with Gasteiger partial charge in [-0.15, -0.1) is 11.3 Å². The van der Waals surface area contributed by atoms with Crippen LogP contribution in [0.2, 0.25) is 0 Å². The molecule has 1 unspecified atom stereocenters. The summed E-state index contributed by atoms with van der Waals surface area (Å²) in [5, 5.41) is 6.80. The lowest BCUT2D eigenvalue weighted by atomic mass is 9.99. The van der Waals surface area contributed by atoms with Crippen LogP contribution in [0.3, 0.4) is 0 Å². The van der Waals surface area contributed by atoms with Gasteiger partial charge in [0.15, 0.2) is 0 Å². The molecule has 0 aromatic carbocycles. The Bertz CT molecular complexity index is 420. The Morgan fingerprint density at radius 1 is 1.35 bits per heavy atom. The van der Waals surface area contributed by atoms with Crippen LogP contribution in [0.25, 0.3) is 0 Å². The Balaban J connectivity index is 1.51. The van der Waals surface area contributed by atoms with Crippen LogP contribution in [0.1, 0.15) is 36.9 Å². The first-order chi connectivity index (χ1) is 9.85. The molecule has 0 amide bonds. The minimum absolute atomic E-state index is 0.803. The van der Waals surface area contributed by atoms with Gasteiger partial charge in [0.1, 0.15) is 5.01 Å². The molecular formula is C15H26N4S. The first-order valence-corrected chi connectivity index (χ1v) is 8.83. The Kier molecular flexibility index (Phi) is 5.04. The van der Waals surface area contributed by atoms with Gasteiger partial charge < -0.3 is 5.32 Å². The molecule has 2 aliphatic rings. The highest BCUT2D eigenvalue weighted by atomic mass is 32.1. The average Bonchev–Trinajstić information content (AvgIpc) is 2.92. The van der Waals surface area contributed by atoms with E-state index in [4.69, 9.17) is 4.98 Å². The van der Waals surface area contributed by atoms with Crippen LogP contribution in [-0.2, 0) is 13.1 Å². The van der Waals surface area contributed by atoms with E-state index >= 15 is 0 Å². The summed E-state index contributed by atoms with van der Waals surface area (Å²) in [5.74, 6) is 0. The number of hydrogen-bond acceptors (Lipinski definition) is 5. The second-order valence-electron chi connectivity index (χ2n) is 5.93. The fraction of sp³-hybridized carbons (Fsp3) is 0.800. The highest BCUT2D eigenvalue weighted by molar-refractivity contribution is 7.09. The van der Waals surface area contributed by atoms with Gasteiger partial charge in [-0.3, -0.25) is 9.80 Å². The van der Waals surface area contributed by atoms with Crippen LogP contribution in [0.4, 0.5) is 0 Å². The molecule has 0 aliphatic carbocycles. The molecule has 3 rings (SSSR count). The number of piperidine rings is 1. The fourth-order valence-electron chi connectivity index (χ4n) is 3.33. The topological polar surface area (TPSA) is 31.4 Å². The lowest BCUT2D eigenvalue weighted by Crippen LogP contribution is -2.54. The van der Waals surface area contributed by atoms with Crippen molar-refractivity contribution in [2.24, 2.45) is 0 Å². The maximum absolute atomic E-state index is 4.75. The van der Waals surface area contributed by atoms with Crippen LogP contribution >= 0.6 is 11.3 Å². The molecule has 1 N–H and O–H groups in total. The number of nitrogens with one attached hydrogen (secondary N) is 1. The fourth-order valence-corrected chi connectivity index (χ4v) is 4.08. The smallest absolute Gasteiger partial charge is 0.107 e. The zero-order valence-electron chi connectivity index (χ0n) is 12.5. The zero-order chi connectivity index (χ0) is 13.8. The van der Waals surface area contributed by atoms with Gasteiger partial charge in [-0.2, -0.15) is 0 Å². The van der Waals surface area contributed by atoms with Crippen LogP contribution < -0.4 is 5.32 Å². The van der Waals surface area contributed by atoms with E-state index in [-0.39, 0.29) is 0 Å². The van der Waals surface area contributed by atoms with Crippen molar-refractivity contribution in [2.75, 3.05) is 32.7 Å². The average molecular weight is 294 g/mol. The van der Waals surface area contributed by atoms with Crippen LogP contribution in [-0.4, -0.2) is 53.5 Å². The Hall–Kier alpha value is -0.490. The third-order valence-corrected chi connectivity index (χ3v) is 5.33. The zero-order valence-corrected chi connectivity index (χ0v) is 13.3. The van der Waals surface area contributed by atoms with E-state index in [0.29, 0.717) is 0 Å². The predicted octanol–water partition coefficient (Wildman–Crippen LogP) is 1.92.